The van der Waals surface area contributed by atoms with Crippen molar-refractivity contribution in [2.75, 3.05) is 0 Å². The second kappa shape index (κ2) is 2.27. The number of fused-ring (bicyclic) bond motifs is 3. The average molecular weight is 166 g/mol. The molecule has 0 heterocycles. The van der Waals surface area contributed by atoms with Gasteiger partial charge in [0.2, 0.25) is 0 Å². The summed E-state index contributed by atoms with van der Waals surface area (Å²) in [5.41, 5.74) is 1.25. The molecule has 3 aliphatic carbocycles. The summed E-state index contributed by atoms with van der Waals surface area (Å²) in [6.45, 7) is 9.95. The maximum absolute atomic E-state index is 2.52. The topological polar surface area (TPSA) is 0 Å². The van der Waals surface area contributed by atoms with Crippen molar-refractivity contribution in [3.05, 3.63) is 0 Å². The lowest BCUT2D eigenvalue weighted by Crippen LogP contribution is -2.50. The van der Waals surface area contributed by atoms with Crippen molar-refractivity contribution in [1.82, 2.24) is 0 Å². The molecule has 0 aliphatic heterocycles. The molecule has 0 amide bonds. The molecule has 0 aromatic carbocycles. The van der Waals surface area contributed by atoms with E-state index < -0.39 is 0 Å². The minimum Gasteiger partial charge on any atom is -0.0620 e. The van der Waals surface area contributed by atoms with E-state index in [9.17, 15) is 0 Å². The van der Waals surface area contributed by atoms with Crippen LogP contribution in [0.2, 0.25) is 0 Å². The zero-order chi connectivity index (χ0) is 8.98. The summed E-state index contributed by atoms with van der Waals surface area (Å²) < 4.78 is 0. The van der Waals surface area contributed by atoms with E-state index in [0.717, 1.165) is 11.8 Å². The van der Waals surface area contributed by atoms with Gasteiger partial charge in [0.1, 0.15) is 0 Å². The van der Waals surface area contributed by atoms with Gasteiger partial charge < -0.3 is 0 Å². The monoisotopic (exact) mass is 166 g/mol. The van der Waals surface area contributed by atoms with Gasteiger partial charge in [-0.15, -0.1) is 0 Å². The fourth-order valence-electron chi connectivity index (χ4n) is 3.77. The third-order valence-corrected chi connectivity index (χ3v) is 5.19. The molecule has 3 unspecified atom stereocenters. The molecular formula is C12H22. The first-order chi connectivity index (χ1) is 5.46. The van der Waals surface area contributed by atoms with Gasteiger partial charge in [0.15, 0.2) is 0 Å². The molecule has 0 nitrogen and oxygen atoms in total. The average Bonchev–Trinajstić information content (AvgIpc) is 1.93. The fraction of sp³-hybridized carbons (Fsp3) is 1.00. The quantitative estimate of drug-likeness (QED) is 0.512. The first-order valence-corrected chi connectivity index (χ1v) is 5.46. The highest BCUT2D eigenvalue weighted by atomic mass is 14.6. The van der Waals surface area contributed by atoms with Gasteiger partial charge in [-0.2, -0.15) is 0 Å². The zero-order valence-corrected chi connectivity index (χ0v) is 8.98. The van der Waals surface area contributed by atoms with E-state index in [1.807, 2.05) is 0 Å². The number of hydrogen-bond acceptors (Lipinski definition) is 0. The molecule has 0 heteroatoms. The highest BCUT2D eigenvalue weighted by Gasteiger charge is 2.53. The number of hydrogen-bond donors (Lipinski definition) is 0. The highest BCUT2D eigenvalue weighted by molar-refractivity contribution is 5.02. The Bertz CT molecular complexity index is 192. The molecule has 0 radical (unpaired) electrons. The smallest absolute Gasteiger partial charge is 0.0249 e. The summed E-state index contributed by atoms with van der Waals surface area (Å²) in [7, 11) is 0. The van der Waals surface area contributed by atoms with Crippen LogP contribution >= 0.6 is 0 Å². The molecule has 0 aromatic heterocycles. The maximum atomic E-state index is 2.52. The summed E-state index contributed by atoms with van der Waals surface area (Å²) in [6.07, 6.45) is 5.96. The second-order valence-corrected chi connectivity index (χ2v) is 6.05. The second-order valence-electron chi connectivity index (χ2n) is 6.05. The van der Waals surface area contributed by atoms with Crippen molar-refractivity contribution in [2.45, 2.75) is 53.4 Å². The van der Waals surface area contributed by atoms with E-state index in [4.69, 9.17) is 0 Å². The first kappa shape index (κ1) is 8.59. The van der Waals surface area contributed by atoms with Crippen LogP contribution in [0.5, 0.6) is 0 Å². The summed E-state index contributed by atoms with van der Waals surface area (Å²) in [5, 5.41) is 0. The van der Waals surface area contributed by atoms with Crippen LogP contribution in [0.4, 0.5) is 0 Å². The van der Waals surface area contributed by atoms with Crippen LogP contribution in [-0.4, -0.2) is 0 Å². The van der Waals surface area contributed by atoms with Crippen molar-refractivity contribution >= 4 is 0 Å². The lowest BCUT2D eigenvalue weighted by molar-refractivity contribution is -0.0964. The van der Waals surface area contributed by atoms with Gasteiger partial charge in [0, 0.05) is 0 Å². The molecule has 0 saturated heterocycles. The summed E-state index contributed by atoms with van der Waals surface area (Å²) in [4.78, 5) is 0. The number of rotatable bonds is 0. The van der Waals surface area contributed by atoms with Crippen molar-refractivity contribution in [3.63, 3.8) is 0 Å². The Balaban J connectivity index is 2.33. The van der Waals surface area contributed by atoms with Crippen molar-refractivity contribution in [3.8, 4) is 0 Å². The van der Waals surface area contributed by atoms with E-state index in [1.54, 1.807) is 0 Å². The van der Waals surface area contributed by atoms with Crippen LogP contribution in [0.1, 0.15) is 53.4 Å². The molecular weight excluding hydrogens is 144 g/mol. The van der Waals surface area contributed by atoms with Gasteiger partial charge in [0.05, 0.1) is 0 Å². The Hall–Kier alpha value is 0. The van der Waals surface area contributed by atoms with Gasteiger partial charge in [0.25, 0.3) is 0 Å². The normalized spacial score (nSPS) is 51.0. The first-order valence-electron chi connectivity index (χ1n) is 5.46. The Kier molecular flexibility index (Phi) is 1.63. The maximum Gasteiger partial charge on any atom is -0.0249 e. The molecule has 70 valence electrons. The predicted molar refractivity (Wildman–Crippen MR) is 53.0 cm³/mol. The lowest BCUT2D eigenvalue weighted by Gasteiger charge is -2.59. The molecule has 12 heavy (non-hydrogen) atoms. The Morgan fingerprint density at radius 1 is 1.17 bits per heavy atom. The van der Waals surface area contributed by atoms with Crippen molar-refractivity contribution < 1.29 is 0 Å². The van der Waals surface area contributed by atoms with E-state index in [1.165, 1.54) is 25.7 Å². The SMILES string of the molecule is CC1CC2CCC1(C)C(C)(C)C2. The molecule has 0 N–H and O–H groups in total. The molecule has 3 fully saturated rings. The van der Waals surface area contributed by atoms with Gasteiger partial charge in [-0.05, 0) is 48.3 Å². The largest absolute Gasteiger partial charge is 0.0620 e. The third kappa shape index (κ3) is 0.900. The Morgan fingerprint density at radius 2 is 1.83 bits per heavy atom. The van der Waals surface area contributed by atoms with Crippen LogP contribution in [0.15, 0.2) is 0 Å². The van der Waals surface area contributed by atoms with Crippen LogP contribution in [0.3, 0.4) is 0 Å². The van der Waals surface area contributed by atoms with E-state index >= 15 is 0 Å². The highest BCUT2D eigenvalue weighted by Crippen LogP contribution is 2.62. The predicted octanol–water partition coefficient (Wildman–Crippen LogP) is 3.86. The summed E-state index contributed by atoms with van der Waals surface area (Å²) in [6, 6.07) is 0. The van der Waals surface area contributed by atoms with Crippen LogP contribution in [0, 0.1) is 22.7 Å². The fourth-order valence-corrected chi connectivity index (χ4v) is 3.77. The standard InChI is InChI=1S/C12H22/c1-9-7-10-5-6-12(9,4)11(2,3)8-10/h9-10H,5-8H2,1-4H3. The molecule has 3 rings (SSSR count). The molecule has 3 saturated carbocycles. The summed E-state index contributed by atoms with van der Waals surface area (Å²) >= 11 is 0. The van der Waals surface area contributed by atoms with Crippen LogP contribution < -0.4 is 0 Å². The van der Waals surface area contributed by atoms with E-state index in [-0.39, 0.29) is 0 Å². The lowest BCUT2D eigenvalue weighted by atomic mass is 9.46. The van der Waals surface area contributed by atoms with Gasteiger partial charge in [-0.3, -0.25) is 0 Å². The van der Waals surface area contributed by atoms with Crippen molar-refractivity contribution in [1.29, 1.82) is 0 Å². The van der Waals surface area contributed by atoms with E-state index in [2.05, 4.69) is 27.7 Å². The molecule has 3 atom stereocenters. The van der Waals surface area contributed by atoms with Crippen LogP contribution in [-0.2, 0) is 0 Å². The van der Waals surface area contributed by atoms with Gasteiger partial charge in [-0.25, -0.2) is 0 Å². The Labute approximate surface area is 76.7 Å². The van der Waals surface area contributed by atoms with Crippen molar-refractivity contribution in [2.24, 2.45) is 22.7 Å². The minimum absolute atomic E-state index is 0.605. The molecule has 3 aliphatic rings. The minimum atomic E-state index is 0.605. The van der Waals surface area contributed by atoms with E-state index in [0.29, 0.717) is 10.8 Å². The molecule has 0 aromatic rings. The molecule has 2 bridgehead atoms. The van der Waals surface area contributed by atoms with Crippen LogP contribution in [0.25, 0.3) is 0 Å². The van der Waals surface area contributed by atoms with Gasteiger partial charge in [-0.1, -0.05) is 27.7 Å². The summed E-state index contributed by atoms with van der Waals surface area (Å²) in [5.74, 6) is 2.01. The van der Waals surface area contributed by atoms with Gasteiger partial charge >= 0.3 is 0 Å². The third-order valence-electron chi connectivity index (χ3n) is 5.19. The Morgan fingerprint density at radius 3 is 2.25 bits per heavy atom. The molecule has 0 spiro atoms. The zero-order valence-electron chi connectivity index (χ0n) is 8.98.